The van der Waals surface area contributed by atoms with Crippen LogP contribution in [0.2, 0.25) is 0 Å². The van der Waals surface area contributed by atoms with Crippen molar-refractivity contribution in [1.82, 2.24) is 0 Å². The number of benzene rings is 1. The number of carbonyl (C=O) groups is 1. The highest BCUT2D eigenvalue weighted by Gasteiger charge is 2.13. The molecule has 0 aromatic heterocycles. The second-order valence-electron chi connectivity index (χ2n) is 4.13. The zero-order chi connectivity index (χ0) is 11.4. The molecule has 1 aromatic rings. The summed E-state index contributed by atoms with van der Waals surface area (Å²) in [7, 11) is 0. The van der Waals surface area contributed by atoms with Gasteiger partial charge in [-0.15, -0.1) is 0 Å². The van der Waals surface area contributed by atoms with Crippen molar-refractivity contribution in [3.8, 4) is 0 Å². The van der Waals surface area contributed by atoms with E-state index in [4.69, 9.17) is 0 Å². The summed E-state index contributed by atoms with van der Waals surface area (Å²) >= 11 is 2.00. The minimum absolute atomic E-state index is 0.826. The van der Waals surface area contributed by atoms with Crippen LogP contribution in [0, 0.1) is 6.92 Å². The van der Waals surface area contributed by atoms with E-state index in [9.17, 15) is 4.79 Å². The number of aryl methyl sites for hydroxylation is 1. The van der Waals surface area contributed by atoms with Crippen molar-refractivity contribution < 1.29 is 4.79 Å². The number of anilines is 1. The molecule has 1 heterocycles. The molecular weight excluding hydrogens is 218 g/mol. The lowest BCUT2D eigenvalue weighted by molar-refractivity contribution is 0.112. The highest BCUT2D eigenvalue weighted by Crippen LogP contribution is 2.23. The Balaban J connectivity index is 2.26. The Kier molecular flexibility index (Phi) is 3.88. The standard InChI is InChI=1S/C13H17NOS/c1-11-3-4-13(12(9-11)10-15)14-5-2-7-16-8-6-14/h3-4,9-10H,2,5-8H2,1H3. The highest BCUT2D eigenvalue weighted by molar-refractivity contribution is 7.99. The van der Waals surface area contributed by atoms with E-state index in [1.165, 1.54) is 12.2 Å². The summed E-state index contributed by atoms with van der Waals surface area (Å²) in [5.41, 5.74) is 3.07. The molecule has 1 aliphatic heterocycles. The first-order chi connectivity index (χ1) is 7.81. The minimum atomic E-state index is 0.826. The predicted molar refractivity (Wildman–Crippen MR) is 70.7 cm³/mol. The van der Waals surface area contributed by atoms with Crippen LogP contribution in [0.3, 0.4) is 0 Å². The molecular formula is C13H17NOS. The van der Waals surface area contributed by atoms with Crippen LogP contribution in [0.15, 0.2) is 18.2 Å². The van der Waals surface area contributed by atoms with Crippen LogP contribution in [-0.2, 0) is 0 Å². The third kappa shape index (κ3) is 2.59. The van der Waals surface area contributed by atoms with Crippen molar-refractivity contribution in [2.24, 2.45) is 0 Å². The first kappa shape index (κ1) is 11.5. The Morgan fingerprint density at radius 1 is 1.31 bits per heavy atom. The average Bonchev–Trinajstić information content (AvgIpc) is 2.57. The number of thioether (sulfide) groups is 1. The fraction of sp³-hybridized carbons (Fsp3) is 0.462. The molecule has 0 saturated carbocycles. The van der Waals surface area contributed by atoms with Crippen LogP contribution < -0.4 is 4.90 Å². The summed E-state index contributed by atoms with van der Waals surface area (Å²) in [5, 5.41) is 0. The molecule has 0 radical (unpaired) electrons. The fourth-order valence-electron chi connectivity index (χ4n) is 2.04. The summed E-state index contributed by atoms with van der Waals surface area (Å²) in [6.07, 6.45) is 2.18. The molecule has 1 fully saturated rings. The van der Waals surface area contributed by atoms with Gasteiger partial charge >= 0.3 is 0 Å². The van der Waals surface area contributed by atoms with Crippen molar-refractivity contribution in [1.29, 1.82) is 0 Å². The molecule has 2 nitrogen and oxygen atoms in total. The molecule has 3 heteroatoms. The summed E-state index contributed by atoms with van der Waals surface area (Å²) in [6.45, 7) is 4.14. The average molecular weight is 235 g/mol. The first-order valence-corrected chi connectivity index (χ1v) is 6.85. The Hall–Kier alpha value is -0.960. The maximum Gasteiger partial charge on any atom is 0.152 e. The van der Waals surface area contributed by atoms with Crippen LogP contribution in [0.5, 0.6) is 0 Å². The van der Waals surface area contributed by atoms with Gasteiger partial charge in [0.15, 0.2) is 6.29 Å². The number of aldehydes is 1. The maximum absolute atomic E-state index is 11.1. The van der Waals surface area contributed by atoms with Gasteiger partial charge in [-0.25, -0.2) is 0 Å². The Bertz CT molecular complexity index is 370. The van der Waals surface area contributed by atoms with Crippen LogP contribution in [-0.4, -0.2) is 30.9 Å². The molecule has 1 aliphatic rings. The highest BCUT2D eigenvalue weighted by atomic mass is 32.2. The van der Waals surface area contributed by atoms with E-state index in [0.29, 0.717) is 0 Å². The Morgan fingerprint density at radius 2 is 2.19 bits per heavy atom. The number of rotatable bonds is 2. The van der Waals surface area contributed by atoms with Gasteiger partial charge in [0.05, 0.1) is 0 Å². The van der Waals surface area contributed by atoms with Gasteiger partial charge < -0.3 is 4.90 Å². The zero-order valence-corrected chi connectivity index (χ0v) is 10.4. The number of hydrogen-bond donors (Lipinski definition) is 0. The van der Waals surface area contributed by atoms with Gasteiger partial charge in [-0.3, -0.25) is 4.79 Å². The van der Waals surface area contributed by atoms with Crippen LogP contribution in [0.4, 0.5) is 5.69 Å². The minimum Gasteiger partial charge on any atom is -0.370 e. The summed E-state index contributed by atoms with van der Waals surface area (Å²) in [6, 6.07) is 6.13. The van der Waals surface area contributed by atoms with Gasteiger partial charge in [-0.2, -0.15) is 11.8 Å². The largest absolute Gasteiger partial charge is 0.370 e. The summed E-state index contributed by atoms with van der Waals surface area (Å²) in [5.74, 6) is 2.39. The predicted octanol–water partition coefficient (Wildman–Crippen LogP) is 2.75. The molecule has 16 heavy (non-hydrogen) atoms. The quantitative estimate of drug-likeness (QED) is 0.735. The fourth-order valence-corrected chi connectivity index (χ4v) is 2.93. The molecule has 0 N–H and O–H groups in total. The van der Waals surface area contributed by atoms with E-state index in [0.717, 1.165) is 41.9 Å². The molecule has 0 bridgehead atoms. The molecule has 0 aliphatic carbocycles. The van der Waals surface area contributed by atoms with E-state index >= 15 is 0 Å². The van der Waals surface area contributed by atoms with Crippen LogP contribution in [0.25, 0.3) is 0 Å². The van der Waals surface area contributed by atoms with Crippen molar-refractivity contribution in [3.05, 3.63) is 29.3 Å². The molecule has 0 unspecified atom stereocenters. The second kappa shape index (κ2) is 5.39. The third-order valence-corrected chi connectivity index (χ3v) is 3.92. The zero-order valence-electron chi connectivity index (χ0n) is 9.61. The lowest BCUT2D eigenvalue weighted by Crippen LogP contribution is -2.26. The smallest absolute Gasteiger partial charge is 0.152 e. The first-order valence-electron chi connectivity index (χ1n) is 5.70. The van der Waals surface area contributed by atoms with Gasteiger partial charge in [0, 0.05) is 30.1 Å². The number of carbonyl (C=O) groups excluding carboxylic acids is 1. The van der Waals surface area contributed by atoms with Crippen LogP contribution >= 0.6 is 11.8 Å². The monoisotopic (exact) mass is 235 g/mol. The van der Waals surface area contributed by atoms with Gasteiger partial charge in [-0.1, -0.05) is 11.6 Å². The van der Waals surface area contributed by atoms with Gasteiger partial charge in [0.2, 0.25) is 0 Å². The Labute approximate surface area is 101 Å². The molecule has 1 saturated heterocycles. The maximum atomic E-state index is 11.1. The van der Waals surface area contributed by atoms with E-state index < -0.39 is 0 Å². The normalized spacial score (nSPS) is 16.9. The number of hydrogen-bond acceptors (Lipinski definition) is 3. The summed E-state index contributed by atoms with van der Waals surface area (Å²) < 4.78 is 0. The second-order valence-corrected chi connectivity index (χ2v) is 5.36. The van der Waals surface area contributed by atoms with E-state index in [-0.39, 0.29) is 0 Å². The third-order valence-electron chi connectivity index (χ3n) is 2.87. The molecule has 0 spiro atoms. The van der Waals surface area contributed by atoms with E-state index in [1.54, 1.807) is 0 Å². The van der Waals surface area contributed by atoms with Crippen molar-refractivity contribution in [2.75, 3.05) is 29.5 Å². The van der Waals surface area contributed by atoms with Crippen molar-refractivity contribution >= 4 is 23.7 Å². The molecule has 86 valence electrons. The van der Waals surface area contributed by atoms with Crippen LogP contribution in [0.1, 0.15) is 22.3 Å². The lowest BCUT2D eigenvalue weighted by atomic mass is 10.1. The lowest BCUT2D eigenvalue weighted by Gasteiger charge is -2.24. The van der Waals surface area contributed by atoms with Gasteiger partial charge in [-0.05, 0) is 31.2 Å². The SMILES string of the molecule is Cc1ccc(N2CCCSCC2)c(C=O)c1. The molecule has 1 aromatic carbocycles. The van der Waals surface area contributed by atoms with E-state index in [2.05, 4.69) is 17.0 Å². The Morgan fingerprint density at radius 3 is 3.00 bits per heavy atom. The van der Waals surface area contributed by atoms with Gasteiger partial charge in [0.25, 0.3) is 0 Å². The number of nitrogens with zero attached hydrogens (tertiary/aromatic N) is 1. The van der Waals surface area contributed by atoms with E-state index in [1.807, 2.05) is 24.8 Å². The molecule has 0 atom stereocenters. The topological polar surface area (TPSA) is 20.3 Å². The molecule has 0 amide bonds. The van der Waals surface area contributed by atoms with Gasteiger partial charge in [0.1, 0.15) is 0 Å². The van der Waals surface area contributed by atoms with Crippen molar-refractivity contribution in [2.45, 2.75) is 13.3 Å². The van der Waals surface area contributed by atoms with Crippen molar-refractivity contribution in [3.63, 3.8) is 0 Å². The summed E-state index contributed by atoms with van der Waals surface area (Å²) in [4.78, 5) is 13.4. The molecule has 2 rings (SSSR count).